The van der Waals surface area contributed by atoms with Crippen LogP contribution in [0.1, 0.15) is 38.3 Å². The van der Waals surface area contributed by atoms with Crippen LogP contribution in [0.3, 0.4) is 0 Å². The number of nitrogens with zero attached hydrogens (tertiary/aromatic N) is 5. The minimum Gasteiger partial charge on any atom is -0.484 e. The van der Waals surface area contributed by atoms with Gasteiger partial charge in [0.25, 0.3) is 0 Å². The molecule has 0 fully saturated rings. The number of rotatable bonds is 6. The van der Waals surface area contributed by atoms with Gasteiger partial charge in [0.05, 0.1) is 10.8 Å². The summed E-state index contributed by atoms with van der Waals surface area (Å²) in [6.07, 6.45) is 0. The quantitative estimate of drug-likeness (QED) is 0.585. The molecule has 3 aromatic rings. The van der Waals surface area contributed by atoms with Crippen molar-refractivity contribution in [3.8, 4) is 5.75 Å². The van der Waals surface area contributed by atoms with Crippen molar-refractivity contribution in [2.24, 2.45) is 7.05 Å². The Morgan fingerprint density at radius 3 is 2.69 bits per heavy atom. The monoisotopic (exact) mass is 393 g/mol. The maximum atomic E-state index is 6.09. The third-order valence-corrected chi connectivity index (χ3v) is 4.90. The van der Waals surface area contributed by atoms with E-state index in [1.165, 1.54) is 11.8 Å². The van der Waals surface area contributed by atoms with Gasteiger partial charge < -0.3 is 13.8 Å². The topological polar surface area (TPSA) is 78.9 Å². The second-order valence-electron chi connectivity index (χ2n) is 6.73. The Labute approximate surface area is 161 Å². The van der Waals surface area contributed by atoms with Crippen molar-refractivity contribution in [3.63, 3.8) is 0 Å². The minimum atomic E-state index is -0.138. The summed E-state index contributed by atoms with van der Waals surface area (Å²) in [5, 5.41) is 13.7. The molecule has 0 unspecified atom stereocenters. The van der Waals surface area contributed by atoms with Crippen molar-refractivity contribution in [1.82, 2.24) is 24.9 Å². The molecule has 0 N–H and O–H groups in total. The van der Waals surface area contributed by atoms with E-state index >= 15 is 0 Å². The van der Waals surface area contributed by atoms with E-state index in [9.17, 15) is 0 Å². The minimum absolute atomic E-state index is 0.138. The molecule has 0 aliphatic rings. The van der Waals surface area contributed by atoms with Gasteiger partial charge in [-0.15, -0.1) is 10.2 Å². The van der Waals surface area contributed by atoms with E-state index in [4.69, 9.17) is 20.9 Å². The first-order valence-electron chi connectivity index (χ1n) is 8.06. The summed E-state index contributed by atoms with van der Waals surface area (Å²) in [6.45, 7) is 6.41. The third-order valence-electron chi connectivity index (χ3n) is 3.58. The summed E-state index contributed by atoms with van der Waals surface area (Å²) in [4.78, 5) is 4.42. The first-order valence-corrected chi connectivity index (χ1v) is 9.42. The molecule has 0 radical (unpaired) electrons. The predicted octanol–water partition coefficient (Wildman–Crippen LogP) is 4.02. The second-order valence-corrected chi connectivity index (χ2v) is 8.08. The lowest BCUT2D eigenvalue weighted by Crippen LogP contribution is -2.13. The number of benzene rings is 1. The molecule has 0 saturated carbocycles. The molecule has 0 saturated heterocycles. The lowest BCUT2D eigenvalue weighted by molar-refractivity contribution is 0.290. The fourth-order valence-corrected chi connectivity index (χ4v) is 3.00. The molecule has 1 aromatic carbocycles. The number of hydrogen-bond donors (Lipinski definition) is 0. The Bertz CT molecular complexity index is 887. The smallest absolute Gasteiger partial charge is 0.237 e. The lowest BCUT2D eigenvalue weighted by atomic mass is 9.96. The van der Waals surface area contributed by atoms with E-state index < -0.39 is 0 Å². The Balaban J connectivity index is 1.60. The number of para-hydroxylation sites is 1. The predicted molar refractivity (Wildman–Crippen MR) is 99.3 cm³/mol. The molecule has 0 spiro atoms. The van der Waals surface area contributed by atoms with Crippen LogP contribution in [0.5, 0.6) is 5.75 Å². The molecular formula is C17H20ClN5O2S. The molecule has 9 heteroatoms. The van der Waals surface area contributed by atoms with Gasteiger partial charge in [0.1, 0.15) is 12.4 Å². The van der Waals surface area contributed by atoms with Gasteiger partial charge in [0, 0.05) is 12.5 Å². The highest BCUT2D eigenvalue weighted by molar-refractivity contribution is 7.98. The van der Waals surface area contributed by atoms with Crippen LogP contribution in [0, 0.1) is 0 Å². The highest BCUT2D eigenvalue weighted by atomic mass is 35.5. The number of ether oxygens (including phenoxy) is 1. The maximum absolute atomic E-state index is 6.09. The number of thioether (sulfide) groups is 1. The van der Waals surface area contributed by atoms with Crippen LogP contribution in [0.25, 0.3) is 0 Å². The van der Waals surface area contributed by atoms with Crippen molar-refractivity contribution >= 4 is 23.4 Å². The highest BCUT2D eigenvalue weighted by Crippen LogP contribution is 2.25. The molecule has 0 amide bonds. The molecule has 7 nitrogen and oxygen atoms in total. The molecule has 0 atom stereocenters. The van der Waals surface area contributed by atoms with Gasteiger partial charge in [-0.05, 0) is 12.1 Å². The first kappa shape index (κ1) is 18.7. The van der Waals surface area contributed by atoms with E-state index in [-0.39, 0.29) is 12.0 Å². The zero-order valence-electron chi connectivity index (χ0n) is 15.1. The third kappa shape index (κ3) is 4.37. The van der Waals surface area contributed by atoms with Gasteiger partial charge in [-0.25, -0.2) is 0 Å². The van der Waals surface area contributed by atoms with Crippen molar-refractivity contribution in [2.45, 2.75) is 43.7 Å². The molecule has 3 rings (SSSR count). The van der Waals surface area contributed by atoms with Crippen molar-refractivity contribution in [2.75, 3.05) is 0 Å². The summed E-state index contributed by atoms with van der Waals surface area (Å²) < 4.78 is 12.9. The fourth-order valence-electron chi connectivity index (χ4n) is 2.04. The molecular weight excluding hydrogens is 374 g/mol. The molecule has 2 aromatic heterocycles. The van der Waals surface area contributed by atoms with E-state index in [0.29, 0.717) is 34.1 Å². The largest absolute Gasteiger partial charge is 0.484 e. The van der Waals surface area contributed by atoms with Crippen molar-refractivity contribution in [1.29, 1.82) is 0 Å². The zero-order chi connectivity index (χ0) is 18.7. The molecule has 2 heterocycles. The fraction of sp³-hybridized carbons (Fsp3) is 0.412. The van der Waals surface area contributed by atoms with Gasteiger partial charge in [0.2, 0.25) is 5.89 Å². The van der Waals surface area contributed by atoms with E-state index in [1.807, 2.05) is 50.6 Å². The molecule has 26 heavy (non-hydrogen) atoms. The van der Waals surface area contributed by atoms with Crippen molar-refractivity contribution in [3.05, 3.63) is 46.8 Å². The summed E-state index contributed by atoms with van der Waals surface area (Å²) >= 11 is 7.57. The number of hydrogen-bond acceptors (Lipinski definition) is 7. The zero-order valence-corrected chi connectivity index (χ0v) is 16.6. The Morgan fingerprint density at radius 2 is 2.00 bits per heavy atom. The lowest BCUT2D eigenvalue weighted by Gasteiger charge is -2.10. The molecule has 0 bridgehead atoms. The Kier molecular flexibility index (Phi) is 5.52. The van der Waals surface area contributed by atoms with Gasteiger partial charge in [-0.3, -0.25) is 0 Å². The molecule has 138 valence electrons. The Morgan fingerprint density at radius 1 is 1.23 bits per heavy atom. The highest BCUT2D eigenvalue weighted by Gasteiger charge is 2.21. The van der Waals surface area contributed by atoms with Crippen LogP contribution in [0.2, 0.25) is 5.02 Å². The summed E-state index contributed by atoms with van der Waals surface area (Å²) in [5.74, 6) is 3.11. The Hall–Kier alpha value is -2.06. The van der Waals surface area contributed by atoms with Crippen LogP contribution >= 0.6 is 23.4 Å². The van der Waals surface area contributed by atoms with E-state index in [2.05, 4.69) is 20.3 Å². The second kappa shape index (κ2) is 7.67. The maximum Gasteiger partial charge on any atom is 0.237 e. The van der Waals surface area contributed by atoms with Crippen molar-refractivity contribution < 1.29 is 9.26 Å². The number of aromatic nitrogens is 5. The standard InChI is InChI=1S/C17H20ClN5O2S/c1-17(2,3)15-19-14(25-22-15)10-26-16-21-20-13(23(16)4)9-24-12-8-6-5-7-11(12)18/h5-8H,9-10H2,1-4H3. The van der Waals surface area contributed by atoms with Crippen LogP contribution in [-0.2, 0) is 24.8 Å². The van der Waals surface area contributed by atoms with Gasteiger partial charge in [-0.2, -0.15) is 4.98 Å². The van der Waals surface area contributed by atoms with Gasteiger partial charge in [-0.1, -0.05) is 61.4 Å². The van der Waals surface area contributed by atoms with E-state index in [1.54, 1.807) is 6.07 Å². The van der Waals surface area contributed by atoms with Gasteiger partial charge in [0.15, 0.2) is 16.8 Å². The average molecular weight is 394 g/mol. The normalized spacial score (nSPS) is 11.7. The summed E-state index contributed by atoms with van der Waals surface area (Å²) in [5.41, 5.74) is -0.138. The molecule has 0 aliphatic heterocycles. The van der Waals surface area contributed by atoms with Gasteiger partial charge >= 0.3 is 0 Å². The van der Waals surface area contributed by atoms with E-state index in [0.717, 1.165) is 5.16 Å². The van der Waals surface area contributed by atoms with Crippen LogP contribution in [0.4, 0.5) is 0 Å². The SMILES string of the molecule is Cn1c(COc2ccccc2Cl)nnc1SCc1nc(C(C)(C)C)no1. The summed E-state index contributed by atoms with van der Waals surface area (Å²) in [7, 11) is 1.89. The summed E-state index contributed by atoms with van der Waals surface area (Å²) in [6, 6.07) is 7.33. The first-order chi connectivity index (χ1) is 12.3. The number of halogens is 1. The molecule has 0 aliphatic carbocycles. The van der Waals surface area contributed by atoms with Crippen LogP contribution in [-0.4, -0.2) is 24.9 Å². The average Bonchev–Trinajstić information content (AvgIpc) is 3.19. The van der Waals surface area contributed by atoms with Crippen LogP contribution in [0.15, 0.2) is 33.9 Å². The van der Waals surface area contributed by atoms with Crippen LogP contribution < -0.4 is 4.74 Å².